The van der Waals surface area contributed by atoms with Crippen molar-refractivity contribution in [3.05, 3.63) is 24.9 Å². The number of hydrogen-bond donors (Lipinski definition) is 0. The van der Waals surface area contributed by atoms with E-state index in [-0.39, 0.29) is 0 Å². The summed E-state index contributed by atoms with van der Waals surface area (Å²) in [5, 5.41) is 0. The number of anilines is 1. The van der Waals surface area contributed by atoms with Crippen LogP contribution in [0, 0.1) is 6.42 Å². The van der Waals surface area contributed by atoms with Gasteiger partial charge >= 0.3 is 0 Å². The number of hydrogen-bond acceptors (Lipinski definition) is 3. The normalized spacial score (nSPS) is 17.2. The maximum atomic E-state index is 4.20. The molecule has 0 unspecified atom stereocenters. The van der Waals surface area contributed by atoms with Crippen LogP contribution in [0.2, 0.25) is 0 Å². The lowest BCUT2D eigenvalue weighted by atomic mass is 10.1. The molecular formula is C9H12N3+. The van der Waals surface area contributed by atoms with Crippen molar-refractivity contribution in [2.45, 2.75) is 12.8 Å². The van der Waals surface area contributed by atoms with Gasteiger partial charge in [-0.15, -0.1) is 0 Å². The molecule has 1 aromatic heterocycles. The lowest BCUT2D eigenvalue weighted by Crippen LogP contribution is -2.31. The second-order valence-corrected chi connectivity index (χ2v) is 2.90. The summed E-state index contributed by atoms with van der Waals surface area (Å²) in [6.45, 7) is 2.12. The average Bonchev–Trinajstić information content (AvgIpc) is 2.21. The zero-order chi connectivity index (χ0) is 8.23. The minimum Gasteiger partial charge on any atom is -0.332 e. The molecule has 3 heteroatoms. The highest BCUT2D eigenvalue weighted by Crippen LogP contribution is 2.12. The Bertz CT molecular complexity index is 229. The van der Waals surface area contributed by atoms with Crippen LogP contribution in [0.15, 0.2) is 18.5 Å². The van der Waals surface area contributed by atoms with Gasteiger partial charge in [-0.2, -0.15) is 0 Å². The van der Waals surface area contributed by atoms with Gasteiger partial charge in [-0.1, -0.05) is 0 Å². The van der Waals surface area contributed by atoms with Gasteiger partial charge in [-0.05, 0) is 6.07 Å². The van der Waals surface area contributed by atoms with Crippen molar-refractivity contribution in [1.82, 2.24) is 9.97 Å². The topological polar surface area (TPSA) is 29.0 Å². The van der Waals surface area contributed by atoms with Crippen LogP contribution < -0.4 is 4.90 Å². The van der Waals surface area contributed by atoms with Gasteiger partial charge in [0, 0.05) is 12.4 Å². The molecule has 1 aliphatic rings. The second kappa shape index (κ2) is 3.43. The smallest absolute Gasteiger partial charge is 0.225 e. The molecule has 2 heterocycles. The van der Waals surface area contributed by atoms with Crippen LogP contribution in [0.1, 0.15) is 12.8 Å². The molecular weight excluding hydrogens is 150 g/mol. The van der Waals surface area contributed by atoms with E-state index in [4.69, 9.17) is 0 Å². The molecule has 0 N–H and O–H groups in total. The highest BCUT2D eigenvalue weighted by atomic mass is 15.2. The molecule has 1 fully saturated rings. The van der Waals surface area contributed by atoms with E-state index in [1.165, 1.54) is 0 Å². The second-order valence-electron chi connectivity index (χ2n) is 2.90. The molecule has 3 nitrogen and oxygen atoms in total. The van der Waals surface area contributed by atoms with E-state index in [0.29, 0.717) is 0 Å². The fourth-order valence-corrected chi connectivity index (χ4v) is 1.40. The SMILES string of the molecule is c1cnc(N2CC[CH+]CC2)nc1. The number of nitrogens with zero attached hydrogens (tertiary/aromatic N) is 3. The fraction of sp³-hybridized carbons (Fsp3) is 0.444. The summed E-state index contributed by atoms with van der Waals surface area (Å²) in [6.07, 6.45) is 8.21. The van der Waals surface area contributed by atoms with Gasteiger partial charge in [0.15, 0.2) is 0 Å². The number of piperidine rings is 1. The quantitative estimate of drug-likeness (QED) is 0.582. The first kappa shape index (κ1) is 7.40. The summed E-state index contributed by atoms with van der Waals surface area (Å²) in [5.74, 6) is 0.866. The maximum Gasteiger partial charge on any atom is 0.225 e. The Balaban J connectivity index is 2.08. The third-order valence-electron chi connectivity index (χ3n) is 2.04. The van der Waals surface area contributed by atoms with Crippen LogP contribution in [-0.2, 0) is 0 Å². The molecule has 0 saturated carbocycles. The summed E-state index contributed by atoms with van der Waals surface area (Å²) in [4.78, 5) is 10.6. The Morgan fingerprint density at radius 2 is 1.83 bits per heavy atom. The molecule has 0 amide bonds. The lowest BCUT2D eigenvalue weighted by Gasteiger charge is -2.21. The molecule has 0 aliphatic carbocycles. The van der Waals surface area contributed by atoms with Crippen molar-refractivity contribution >= 4 is 5.95 Å². The van der Waals surface area contributed by atoms with E-state index >= 15 is 0 Å². The number of rotatable bonds is 1. The van der Waals surface area contributed by atoms with Gasteiger partial charge < -0.3 is 4.90 Å². The predicted octanol–water partition coefficient (Wildman–Crippen LogP) is 1.28. The van der Waals surface area contributed by atoms with Crippen molar-refractivity contribution in [3.8, 4) is 0 Å². The summed E-state index contributed by atoms with van der Waals surface area (Å²) >= 11 is 0. The third-order valence-corrected chi connectivity index (χ3v) is 2.04. The van der Waals surface area contributed by atoms with E-state index < -0.39 is 0 Å². The van der Waals surface area contributed by atoms with Crippen LogP contribution in [0.3, 0.4) is 0 Å². The Hall–Kier alpha value is -1.25. The number of aromatic nitrogens is 2. The van der Waals surface area contributed by atoms with E-state index in [0.717, 1.165) is 31.9 Å². The predicted molar refractivity (Wildman–Crippen MR) is 47.8 cm³/mol. The van der Waals surface area contributed by atoms with Gasteiger partial charge in [0.25, 0.3) is 0 Å². The molecule has 12 heavy (non-hydrogen) atoms. The molecule has 1 saturated heterocycles. The molecule has 1 aliphatic heterocycles. The van der Waals surface area contributed by atoms with Crippen LogP contribution in [0.25, 0.3) is 0 Å². The van der Waals surface area contributed by atoms with Gasteiger partial charge in [-0.25, -0.2) is 9.97 Å². The molecule has 0 radical (unpaired) electrons. The molecule has 2 rings (SSSR count). The van der Waals surface area contributed by atoms with Crippen molar-refractivity contribution in [3.63, 3.8) is 0 Å². The first-order valence-electron chi connectivity index (χ1n) is 4.30. The molecule has 1 aromatic rings. The maximum absolute atomic E-state index is 4.20. The van der Waals surface area contributed by atoms with Crippen molar-refractivity contribution in [1.29, 1.82) is 0 Å². The van der Waals surface area contributed by atoms with Gasteiger partial charge in [-0.3, -0.25) is 0 Å². The molecule has 0 aromatic carbocycles. The highest BCUT2D eigenvalue weighted by Gasteiger charge is 2.17. The first-order chi connectivity index (χ1) is 5.97. The zero-order valence-corrected chi connectivity index (χ0v) is 6.98. The Morgan fingerprint density at radius 3 is 2.50 bits per heavy atom. The molecule has 0 bridgehead atoms. The molecule has 0 atom stereocenters. The van der Waals surface area contributed by atoms with Gasteiger partial charge in [0.2, 0.25) is 5.95 Å². The van der Waals surface area contributed by atoms with E-state index in [2.05, 4.69) is 21.3 Å². The monoisotopic (exact) mass is 162 g/mol. The highest BCUT2D eigenvalue weighted by molar-refractivity contribution is 5.29. The minimum absolute atomic E-state index is 0.866. The average molecular weight is 162 g/mol. The summed E-state index contributed by atoms with van der Waals surface area (Å²) in [6, 6.07) is 1.85. The summed E-state index contributed by atoms with van der Waals surface area (Å²) in [5.41, 5.74) is 0. The van der Waals surface area contributed by atoms with Crippen molar-refractivity contribution in [2.24, 2.45) is 0 Å². The third kappa shape index (κ3) is 1.49. The summed E-state index contributed by atoms with van der Waals surface area (Å²) < 4.78 is 0. The largest absolute Gasteiger partial charge is 0.332 e. The Morgan fingerprint density at radius 1 is 1.17 bits per heavy atom. The van der Waals surface area contributed by atoms with Crippen LogP contribution >= 0.6 is 0 Å². The van der Waals surface area contributed by atoms with Gasteiger partial charge in [0.05, 0.1) is 19.5 Å². The van der Waals surface area contributed by atoms with Crippen LogP contribution in [0.5, 0.6) is 0 Å². The molecule has 62 valence electrons. The van der Waals surface area contributed by atoms with Crippen molar-refractivity contribution in [2.75, 3.05) is 18.0 Å². The van der Waals surface area contributed by atoms with Crippen LogP contribution in [0.4, 0.5) is 5.95 Å². The Labute approximate surface area is 72.4 Å². The Kier molecular flexibility index (Phi) is 2.12. The van der Waals surface area contributed by atoms with E-state index in [1.54, 1.807) is 12.4 Å². The van der Waals surface area contributed by atoms with E-state index in [1.807, 2.05) is 6.07 Å². The standard InChI is InChI=1S/C9H12N3/c1-2-7-12(8-3-1)9-10-5-4-6-11-9/h1,4-6H,2-3,7-8H2/q+1. The first-order valence-corrected chi connectivity index (χ1v) is 4.30. The zero-order valence-electron chi connectivity index (χ0n) is 6.98. The van der Waals surface area contributed by atoms with Crippen LogP contribution in [-0.4, -0.2) is 23.1 Å². The molecule has 0 spiro atoms. The van der Waals surface area contributed by atoms with E-state index in [9.17, 15) is 0 Å². The minimum atomic E-state index is 0.866. The lowest BCUT2D eigenvalue weighted by molar-refractivity contribution is 0.662. The van der Waals surface area contributed by atoms with Gasteiger partial charge in [0.1, 0.15) is 12.8 Å². The van der Waals surface area contributed by atoms with Crippen molar-refractivity contribution < 1.29 is 0 Å². The summed E-state index contributed by atoms with van der Waals surface area (Å²) in [7, 11) is 0. The fourth-order valence-electron chi connectivity index (χ4n) is 1.40.